The second-order valence-electron chi connectivity index (χ2n) is 3.68. The van der Waals surface area contributed by atoms with Crippen LogP contribution in [0.3, 0.4) is 0 Å². The van der Waals surface area contributed by atoms with Gasteiger partial charge < -0.3 is 16.4 Å². The highest BCUT2D eigenvalue weighted by molar-refractivity contribution is 5.65. The van der Waals surface area contributed by atoms with Crippen molar-refractivity contribution in [2.45, 2.75) is 0 Å². The van der Waals surface area contributed by atoms with Crippen LogP contribution in [0.1, 0.15) is 0 Å². The van der Waals surface area contributed by atoms with E-state index < -0.39 is 9.85 Å². The van der Waals surface area contributed by atoms with E-state index in [1.165, 1.54) is 12.1 Å². The molecule has 1 aromatic carbocycles. The Balaban J connectivity index is 2.71. The summed E-state index contributed by atoms with van der Waals surface area (Å²) in [5.41, 5.74) is 4.93. The zero-order valence-corrected chi connectivity index (χ0v) is 10.2. The molecule has 9 nitrogen and oxygen atoms in total. The van der Waals surface area contributed by atoms with Gasteiger partial charge in [0.25, 0.3) is 11.4 Å². The van der Waals surface area contributed by atoms with E-state index in [9.17, 15) is 20.2 Å². The quantitative estimate of drug-likeness (QED) is 0.354. The van der Waals surface area contributed by atoms with E-state index in [0.717, 1.165) is 6.07 Å². The number of nitrogens with two attached hydrogens (primary N) is 1. The van der Waals surface area contributed by atoms with Crippen molar-refractivity contribution in [3.63, 3.8) is 0 Å². The minimum absolute atomic E-state index is 0.255. The molecule has 9 heteroatoms. The van der Waals surface area contributed by atoms with Gasteiger partial charge in [-0.15, -0.1) is 0 Å². The molecule has 0 fully saturated rings. The Morgan fingerprint density at radius 3 is 2.42 bits per heavy atom. The lowest BCUT2D eigenvalue weighted by Gasteiger charge is -2.07. The molecule has 0 unspecified atom stereocenters. The van der Waals surface area contributed by atoms with Crippen LogP contribution in [0.25, 0.3) is 0 Å². The highest BCUT2D eigenvalue weighted by Crippen LogP contribution is 2.28. The smallest absolute Gasteiger partial charge is 0.299 e. The van der Waals surface area contributed by atoms with Crippen LogP contribution >= 0.6 is 0 Å². The van der Waals surface area contributed by atoms with Crippen molar-refractivity contribution in [2.75, 3.05) is 31.5 Å². The number of hydrogen-bond acceptors (Lipinski definition) is 7. The van der Waals surface area contributed by atoms with E-state index in [1.807, 2.05) is 0 Å². The third-order valence-electron chi connectivity index (χ3n) is 2.33. The summed E-state index contributed by atoms with van der Waals surface area (Å²) in [5, 5.41) is 27.3. The van der Waals surface area contributed by atoms with Crippen molar-refractivity contribution in [2.24, 2.45) is 5.73 Å². The molecule has 1 aromatic rings. The molecule has 0 amide bonds. The predicted molar refractivity (Wildman–Crippen MR) is 70.2 cm³/mol. The average Bonchev–Trinajstić information content (AvgIpc) is 2.38. The highest BCUT2D eigenvalue weighted by Gasteiger charge is 2.18. The summed E-state index contributed by atoms with van der Waals surface area (Å²) in [6.45, 7) is 2.21. The number of nitro benzene ring substituents is 2. The first-order valence-electron chi connectivity index (χ1n) is 5.63. The first-order valence-corrected chi connectivity index (χ1v) is 5.63. The summed E-state index contributed by atoms with van der Waals surface area (Å²) in [6.07, 6.45) is 0. The molecule has 0 radical (unpaired) electrons. The summed E-state index contributed by atoms with van der Waals surface area (Å²) >= 11 is 0. The summed E-state index contributed by atoms with van der Waals surface area (Å²) in [6, 6.07) is 3.50. The van der Waals surface area contributed by atoms with Gasteiger partial charge in [-0.3, -0.25) is 20.2 Å². The van der Waals surface area contributed by atoms with Crippen LogP contribution < -0.4 is 16.4 Å². The van der Waals surface area contributed by atoms with Crippen molar-refractivity contribution in [1.82, 2.24) is 5.32 Å². The van der Waals surface area contributed by atoms with Gasteiger partial charge >= 0.3 is 0 Å². The van der Waals surface area contributed by atoms with Crippen LogP contribution in [0.4, 0.5) is 17.1 Å². The van der Waals surface area contributed by atoms with Crippen molar-refractivity contribution in [3.05, 3.63) is 38.4 Å². The monoisotopic (exact) mass is 269 g/mol. The largest absolute Gasteiger partial charge is 0.378 e. The Labute approximate surface area is 109 Å². The van der Waals surface area contributed by atoms with Crippen LogP contribution in [0.15, 0.2) is 18.2 Å². The minimum atomic E-state index is -0.667. The first kappa shape index (κ1) is 14.8. The average molecular weight is 269 g/mol. The van der Waals surface area contributed by atoms with E-state index in [1.54, 1.807) is 0 Å². The fraction of sp³-hybridized carbons (Fsp3) is 0.400. The third-order valence-corrected chi connectivity index (χ3v) is 2.33. The second-order valence-corrected chi connectivity index (χ2v) is 3.68. The van der Waals surface area contributed by atoms with Gasteiger partial charge in [0.05, 0.1) is 15.9 Å². The van der Waals surface area contributed by atoms with E-state index in [-0.39, 0.29) is 17.1 Å². The molecule has 0 aliphatic carbocycles. The summed E-state index contributed by atoms with van der Waals surface area (Å²) in [4.78, 5) is 20.1. The van der Waals surface area contributed by atoms with Crippen LogP contribution in [0.2, 0.25) is 0 Å². The lowest BCUT2D eigenvalue weighted by atomic mass is 10.2. The van der Waals surface area contributed by atoms with E-state index in [2.05, 4.69) is 10.6 Å². The molecule has 0 aliphatic rings. The maximum Gasteiger partial charge on any atom is 0.299 e. The molecule has 0 heterocycles. The van der Waals surface area contributed by atoms with Gasteiger partial charge in [0.1, 0.15) is 5.69 Å². The van der Waals surface area contributed by atoms with Gasteiger partial charge in [0.2, 0.25) is 0 Å². The number of rotatable bonds is 8. The maximum absolute atomic E-state index is 10.8. The first-order chi connectivity index (χ1) is 9.06. The van der Waals surface area contributed by atoms with Crippen molar-refractivity contribution in [3.8, 4) is 0 Å². The number of hydrogen-bond donors (Lipinski definition) is 3. The normalized spacial score (nSPS) is 10.2. The summed E-state index contributed by atoms with van der Waals surface area (Å²) in [5.74, 6) is 0. The number of anilines is 1. The van der Waals surface area contributed by atoms with E-state index >= 15 is 0 Å². The molecule has 104 valence electrons. The topological polar surface area (TPSA) is 136 Å². The summed E-state index contributed by atoms with van der Waals surface area (Å²) in [7, 11) is 0. The molecule has 0 aromatic heterocycles. The molecule has 0 saturated carbocycles. The van der Waals surface area contributed by atoms with Crippen LogP contribution in [-0.4, -0.2) is 36.0 Å². The molecule has 0 saturated heterocycles. The van der Waals surface area contributed by atoms with Gasteiger partial charge in [0, 0.05) is 32.2 Å². The Morgan fingerprint density at radius 2 is 1.84 bits per heavy atom. The Kier molecular flexibility index (Phi) is 5.64. The zero-order valence-electron chi connectivity index (χ0n) is 10.2. The summed E-state index contributed by atoms with van der Waals surface area (Å²) < 4.78 is 0. The molecule has 1 rings (SSSR count). The van der Waals surface area contributed by atoms with Crippen molar-refractivity contribution >= 4 is 17.1 Å². The Hall–Kier alpha value is -2.26. The number of nitrogens with zero attached hydrogens (tertiary/aromatic N) is 2. The fourth-order valence-corrected chi connectivity index (χ4v) is 1.45. The molecular formula is C10H15N5O4. The lowest BCUT2D eigenvalue weighted by Crippen LogP contribution is -2.27. The Bertz CT molecular complexity index is 465. The second kappa shape index (κ2) is 7.24. The number of non-ortho nitro benzene ring substituents is 1. The van der Waals surface area contributed by atoms with Crippen LogP contribution in [0, 0.1) is 20.2 Å². The molecule has 4 N–H and O–H groups in total. The fourth-order valence-electron chi connectivity index (χ4n) is 1.45. The van der Waals surface area contributed by atoms with E-state index in [4.69, 9.17) is 5.73 Å². The zero-order chi connectivity index (χ0) is 14.3. The Morgan fingerprint density at radius 1 is 1.11 bits per heavy atom. The van der Waals surface area contributed by atoms with Gasteiger partial charge in [-0.2, -0.15) is 0 Å². The highest BCUT2D eigenvalue weighted by atomic mass is 16.6. The van der Waals surface area contributed by atoms with Gasteiger partial charge in [0.15, 0.2) is 0 Å². The van der Waals surface area contributed by atoms with Crippen LogP contribution in [-0.2, 0) is 0 Å². The SMILES string of the molecule is NCCNCCNc1ccc([N+](=O)[O-])cc1[N+](=O)[O-]. The predicted octanol–water partition coefficient (Wildman–Crippen LogP) is 0.463. The molecular weight excluding hydrogens is 254 g/mol. The molecule has 0 atom stereocenters. The lowest BCUT2D eigenvalue weighted by molar-refractivity contribution is -0.393. The number of nitro groups is 2. The number of benzene rings is 1. The molecule has 0 bridgehead atoms. The third kappa shape index (κ3) is 4.48. The number of nitrogens with one attached hydrogen (secondary N) is 2. The minimum Gasteiger partial charge on any atom is -0.378 e. The molecule has 0 spiro atoms. The van der Waals surface area contributed by atoms with Gasteiger partial charge in [-0.1, -0.05) is 0 Å². The van der Waals surface area contributed by atoms with Gasteiger partial charge in [-0.25, -0.2) is 0 Å². The van der Waals surface area contributed by atoms with Crippen molar-refractivity contribution in [1.29, 1.82) is 0 Å². The van der Waals surface area contributed by atoms with Gasteiger partial charge in [-0.05, 0) is 6.07 Å². The molecule has 19 heavy (non-hydrogen) atoms. The van der Waals surface area contributed by atoms with E-state index in [0.29, 0.717) is 26.2 Å². The van der Waals surface area contributed by atoms with Crippen molar-refractivity contribution < 1.29 is 9.85 Å². The van der Waals surface area contributed by atoms with Crippen LogP contribution in [0.5, 0.6) is 0 Å². The molecule has 0 aliphatic heterocycles. The standard InChI is InChI=1S/C10H15N5O4/c11-3-4-12-5-6-13-9-2-1-8(14(16)17)7-10(9)15(18)19/h1-2,7,12-13H,3-6,11H2. The maximum atomic E-state index is 10.8.